The van der Waals surface area contributed by atoms with E-state index in [4.69, 9.17) is 9.26 Å². The number of piperazine rings is 1. The van der Waals surface area contributed by atoms with Gasteiger partial charge < -0.3 is 23.8 Å². The van der Waals surface area contributed by atoms with Crippen molar-refractivity contribution in [3.63, 3.8) is 0 Å². The van der Waals surface area contributed by atoms with Gasteiger partial charge in [-0.05, 0) is 26.7 Å². The zero-order chi connectivity index (χ0) is 19.3. The van der Waals surface area contributed by atoms with Crippen molar-refractivity contribution in [2.24, 2.45) is 5.92 Å². The molecule has 1 aromatic heterocycles. The van der Waals surface area contributed by atoms with E-state index in [9.17, 15) is 9.59 Å². The van der Waals surface area contributed by atoms with Gasteiger partial charge in [-0.3, -0.25) is 4.79 Å². The van der Waals surface area contributed by atoms with Crippen LogP contribution in [0.4, 0.5) is 10.6 Å². The van der Waals surface area contributed by atoms with Crippen LogP contribution in [0.3, 0.4) is 0 Å². The van der Waals surface area contributed by atoms with Crippen LogP contribution in [0.25, 0.3) is 0 Å². The number of esters is 1. The molecule has 1 amide bonds. The lowest BCUT2D eigenvalue weighted by Crippen LogP contribution is -2.50. The fourth-order valence-electron chi connectivity index (χ4n) is 2.78. The van der Waals surface area contributed by atoms with Crippen molar-refractivity contribution in [1.82, 2.24) is 10.1 Å². The number of methoxy groups -OCH3 is 1. The lowest BCUT2D eigenvalue weighted by atomic mass is 10.0. The van der Waals surface area contributed by atoms with Gasteiger partial charge in [0.15, 0.2) is 5.82 Å². The Morgan fingerprint density at radius 3 is 2.50 bits per heavy atom. The van der Waals surface area contributed by atoms with E-state index in [1.165, 1.54) is 7.11 Å². The number of hydrogen-bond acceptors (Lipinski definition) is 7. The molecule has 26 heavy (non-hydrogen) atoms. The highest BCUT2D eigenvalue weighted by Crippen LogP contribution is 2.20. The highest BCUT2D eigenvalue weighted by molar-refractivity contribution is 5.69. The van der Waals surface area contributed by atoms with E-state index >= 15 is 0 Å². The Labute approximate surface area is 154 Å². The van der Waals surface area contributed by atoms with Gasteiger partial charge in [0.25, 0.3) is 0 Å². The molecule has 2 heterocycles. The van der Waals surface area contributed by atoms with Crippen molar-refractivity contribution in [2.45, 2.75) is 46.1 Å². The molecule has 0 saturated carbocycles. The Bertz CT molecular complexity index is 615. The summed E-state index contributed by atoms with van der Waals surface area (Å²) in [5, 5.41) is 4.12. The van der Waals surface area contributed by atoms with Crippen molar-refractivity contribution in [3.05, 3.63) is 11.8 Å². The Morgan fingerprint density at radius 2 is 1.92 bits per heavy atom. The molecule has 1 atom stereocenters. The van der Waals surface area contributed by atoms with Gasteiger partial charge in [0.05, 0.1) is 7.11 Å². The molecule has 0 aliphatic carbocycles. The first-order valence-electron chi connectivity index (χ1n) is 8.93. The van der Waals surface area contributed by atoms with Crippen molar-refractivity contribution >= 4 is 17.9 Å². The number of hydrogen-bond donors (Lipinski definition) is 0. The minimum atomic E-state index is -0.490. The van der Waals surface area contributed by atoms with E-state index < -0.39 is 5.60 Å². The van der Waals surface area contributed by atoms with E-state index in [-0.39, 0.29) is 18.0 Å². The maximum Gasteiger partial charge on any atom is 0.410 e. The molecule has 8 heteroatoms. The lowest BCUT2D eigenvalue weighted by Gasteiger charge is -2.35. The predicted molar refractivity (Wildman–Crippen MR) is 96.0 cm³/mol. The molecule has 0 bridgehead atoms. The van der Waals surface area contributed by atoms with Crippen LogP contribution in [0.5, 0.6) is 0 Å². The average Bonchev–Trinajstić information content (AvgIpc) is 3.01. The molecule has 2 rings (SSSR count). The third-order valence-corrected chi connectivity index (χ3v) is 4.09. The molecule has 146 valence electrons. The maximum absolute atomic E-state index is 12.1. The van der Waals surface area contributed by atoms with Gasteiger partial charge in [-0.2, -0.15) is 0 Å². The third kappa shape index (κ3) is 5.93. The van der Waals surface area contributed by atoms with Gasteiger partial charge >= 0.3 is 12.1 Å². The maximum atomic E-state index is 12.1. The van der Waals surface area contributed by atoms with E-state index in [0.717, 1.165) is 11.6 Å². The number of amides is 1. The van der Waals surface area contributed by atoms with Gasteiger partial charge in [-0.25, -0.2) is 4.79 Å². The van der Waals surface area contributed by atoms with Crippen molar-refractivity contribution in [1.29, 1.82) is 0 Å². The molecule has 0 aromatic carbocycles. The van der Waals surface area contributed by atoms with E-state index in [1.807, 2.05) is 33.8 Å². The smallest absolute Gasteiger partial charge is 0.410 e. The Kier molecular flexibility index (Phi) is 6.50. The lowest BCUT2D eigenvalue weighted by molar-refractivity contribution is -0.141. The largest absolute Gasteiger partial charge is 0.469 e. The van der Waals surface area contributed by atoms with E-state index in [0.29, 0.717) is 39.0 Å². The van der Waals surface area contributed by atoms with Crippen LogP contribution < -0.4 is 4.90 Å². The molecular weight excluding hydrogens is 338 g/mol. The summed E-state index contributed by atoms with van der Waals surface area (Å²) in [7, 11) is 1.39. The normalized spacial score (nSPS) is 16.3. The summed E-state index contributed by atoms with van der Waals surface area (Å²) in [5.74, 6) is 1.39. The van der Waals surface area contributed by atoms with Crippen molar-refractivity contribution in [2.75, 3.05) is 38.2 Å². The Hall–Kier alpha value is -2.25. The molecule has 1 aliphatic rings. The summed E-state index contributed by atoms with van der Waals surface area (Å²) in [4.78, 5) is 27.2. The standard InChI is InChI=1S/C18H29N3O5/c1-13(11-16(22)24-5)10-14-12-15(19-26-14)20-6-8-21(9-7-20)17(23)25-18(2,3)4/h12-13H,6-11H2,1-5H3/t13-/m0/s1. The average molecular weight is 367 g/mol. The number of aromatic nitrogens is 1. The fraction of sp³-hybridized carbons (Fsp3) is 0.722. The SMILES string of the molecule is COC(=O)C[C@@H](C)Cc1cc(N2CCN(C(=O)OC(C)(C)C)CC2)no1. The number of ether oxygens (including phenoxy) is 2. The van der Waals surface area contributed by atoms with Gasteiger partial charge in [0.2, 0.25) is 0 Å². The number of carbonyl (C=O) groups is 2. The van der Waals surface area contributed by atoms with Gasteiger partial charge in [0.1, 0.15) is 11.4 Å². The van der Waals surface area contributed by atoms with Crippen LogP contribution in [0.1, 0.15) is 39.9 Å². The Balaban J connectivity index is 1.84. The first kappa shape index (κ1) is 20.1. The topological polar surface area (TPSA) is 85.1 Å². The van der Waals surface area contributed by atoms with Crippen LogP contribution >= 0.6 is 0 Å². The van der Waals surface area contributed by atoms with Gasteiger partial charge in [0, 0.05) is 45.1 Å². The van der Waals surface area contributed by atoms with Gasteiger partial charge in [-0.1, -0.05) is 12.1 Å². The zero-order valence-corrected chi connectivity index (χ0v) is 16.3. The molecule has 8 nitrogen and oxygen atoms in total. The quantitative estimate of drug-likeness (QED) is 0.739. The number of anilines is 1. The molecule has 0 radical (unpaired) electrons. The Morgan fingerprint density at radius 1 is 1.27 bits per heavy atom. The molecule has 1 fully saturated rings. The van der Waals surface area contributed by atoms with Crippen LogP contribution in [0.2, 0.25) is 0 Å². The summed E-state index contributed by atoms with van der Waals surface area (Å²) in [6.45, 7) is 10.0. The summed E-state index contributed by atoms with van der Waals surface area (Å²) >= 11 is 0. The molecule has 1 aliphatic heterocycles. The second kappa shape index (κ2) is 8.42. The monoisotopic (exact) mass is 367 g/mol. The summed E-state index contributed by atoms with van der Waals surface area (Å²) in [6, 6.07) is 1.90. The van der Waals surface area contributed by atoms with Crippen LogP contribution in [0.15, 0.2) is 10.6 Å². The van der Waals surface area contributed by atoms with Crippen LogP contribution in [-0.4, -0.2) is 61.0 Å². The van der Waals surface area contributed by atoms with E-state index in [1.54, 1.807) is 4.90 Å². The summed E-state index contributed by atoms with van der Waals surface area (Å²) in [6.07, 6.45) is 0.691. The molecular formula is C18H29N3O5. The minimum absolute atomic E-state index is 0.118. The summed E-state index contributed by atoms with van der Waals surface area (Å²) in [5.41, 5.74) is -0.490. The second-order valence-corrected chi connectivity index (χ2v) is 7.70. The fourth-order valence-corrected chi connectivity index (χ4v) is 2.78. The number of nitrogens with zero attached hydrogens (tertiary/aromatic N) is 3. The van der Waals surface area contributed by atoms with Crippen molar-refractivity contribution in [3.8, 4) is 0 Å². The first-order valence-corrected chi connectivity index (χ1v) is 8.93. The third-order valence-electron chi connectivity index (χ3n) is 4.09. The molecule has 0 unspecified atom stereocenters. The highest BCUT2D eigenvalue weighted by atomic mass is 16.6. The number of rotatable bonds is 5. The number of carbonyl (C=O) groups excluding carboxylic acids is 2. The molecule has 1 saturated heterocycles. The minimum Gasteiger partial charge on any atom is -0.469 e. The summed E-state index contributed by atoms with van der Waals surface area (Å²) < 4.78 is 15.5. The second-order valence-electron chi connectivity index (χ2n) is 7.70. The molecule has 1 aromatic rings. The van der Waals surface area contributed by atoms with E-state index in [2.05, 4.69) is 14.8 Å². The zero-order valence-electron chi connectivity index (χ0n) is 16.3. The van der Waals surface area contributed by atoms with Crippen LogP contribution in [-0.2, 0) is 20.7 Å². The molecule has 0 N–H and O–H groups in total. The van der Waals surface area contributed by atoms with Gasteiger partial charge in [-0.15, -0.1) is 0 Å². The molecule has 0 spiro atoms. The van der Waals surface area contributed by atoms with Crippen molar-refractivity contribution < 1.29 is 23.6 Å². The first-order chi connectivity index (χ1) is 12.2. The highest BCUT2D eigenvalue weighted by Gasteiger charge is 2.27. The van der Waals surface area contributed by atoms with Crippen LogP contribution in [0, 0.1) is 5.92 Å². The predicted octanol–water partition coefficient (Wildman–Crippen LogP) is 2.47.